The fourth-order valence-corrected chi connectivity index (χ4v) is 2.90. The molecule has 3 rings (SSSR count). The number of fused-ring (bicyclic) bond motifs is 1. The van der Waals surface area contributed by atoms with Gasteiger partial charge in [0.25, 0.3) is 0 Å². The van der Waals surface area contributed by atoms with E-state index in [2.05, 4.69) is 27.5 Å². The lowest BCUT2D eigenvalue weighted by Crippen LogP contribution is -2.03. The molecule has 0 saturated heterocycles. The second-order valence-electron chi connectivity index (χ2n) is 4.57. The van der Waals surface area contributed by atoms with Gasteiger partial charge in [-0.2, -0.15) is 0 Å². The normalized spacial score (nSPS) is 11.1. The van der Waals surface area contributed by atoms with Crippen LogP contribution in [0.5, 0.6) is 0 Å². The molecular weight excluding hydrogens is 272 g/mol. The average molecular weight is 288 g/mol. The van der Waals surface area contributed by atoms with E-state index in [-0.39, 0.29) is 0 Å². The highest BCUT2D eigenvalue weighted by Gasteiger charge is 2.07. The zero-order valence-electron chi connectivity index (χ0n) is 11.5. The Morgan fingerprint density at radius 3 is 2.85 bits per heavy atom. The summed E-state index contributed by atoms with van der Waals surface area (Å²) in [6.07, 6.45) is 1.93. The Kier molecular flexibility index (Phi) is 3.66. The molecule has 0 radical (unpaired) electrons. The van der Waals surface area contributed by atoms with Crippen LogP contribution in [0.15, 0.2) is 30.5 Å². The zero-order chi connectivity index (χ0) is 13.9. The lowest BCUT2D eigenvalue weighted by atomic mass is 10.1. The number of imidazole rings is 1. The van der Waals surface area contributed by atoms with Gasteiger partial charge < -0.3 is 10.1 Å². The number of methoxy groups -OCH3 is 1. The van der Waals surface area contributed by atoms with Gasteiger partial charge in [0.15, 0.2) is 0 Å². The van der Waals surface area contributed by atoms with Crippen LogP contribution in [0.4, 0.5) is 5.13 Å². The number of hydrogen-bond acceptors (Lipinski definition) is 5. The molecule has 5 nitrogen and oxygen atoms in total. The number of ether oxygens (including phenoxy) is 1. The SMILES string of the molecule is COCc1ccccc1CNc1nn2cc(C)nc2s1. The van der Waals surface area contributed by atoms with Crippen molar-refractivity contribution in [3.05, 3.63) is 47.3 Å². The molecule has 0 saturated carbocycles. The highest BCUT2D eigenvalue weighted by molar-refractivity contribution is 7.20. The molecule has 0 amide bonds. The lowest BCUT2D eigenvalue weighted by molar-refractivity contribution is 0.184. The van der Waals surface area contributed by atoms with Crippen molar-refractivity contribution < 1.29 is 4.74 Å². The molecule has 2 heterocycles. The Morgan fingerprint density at radius 1 is 1.30 bits per heavy atom. The van der Waals surface area contributed by atoms with Crippen molar-refractivity contribution >= 4 is 21.4 Å². The first kappa shape index (κ1) is 13.1. The van der Waals surface area contributed by atoms with E-state index < -0.39 is 0 Å². The average Bonchev–Trinajstić information content (AvgIpc) is 2.95. The predicted molar refractivity (Wildman–Crippen MR) is 80.1 cm³/mol. The summed E-state index contributed by atoms with van der Waals surface area (Å²) in [5.41, 5.74) is 3.40. The van der Waals surface area contributed by atoms with Gasteiger partial charge >= 0.3 is 0 Å². The second-order valence-corrected chi connectivity index (χ2v) is 5.53. The summed E-state index contributed by atoms with van der Waals surface area (Å²) in [7, 11) is 1.71. The molecule has 0 spiro atoms. The van der Waals surface area contributed by atoms with E-state index in [9.17, 15) is 0 Å². The number of aromatic nitrogens is 3. The highest BCUT2D eigenvalue weighted by Crippen LogP contribution is 2.20. The molecule has 1 N–H and O–H groups in total. The number of benzene rings is 1. The van der Waals surface area contributed by atoms with Gasteiger partial charge in [-0.15, -0.1) is 5.10 Å². The summed E-state index contributed by atoms with van der Waals surface area (Å²) in [5, 5.41) is 8.68. The molecule has 0 unspecified atom stereocenters. The minimum Gasteiger partial charge on any atom is -0.380 e. The summed E-state index contributed by atoms with van der Waals surface area (Å²) in [5.74, 6) is 0. The first-order valence-electron chi connectivity index (χ1n) is 6.38. The van der Waals surface area contributed by atoms with Crippen molar-refractivity contribution in [3.63, 3.8) is 0 Å². The standard InChI is InChI=1S/C14H16N4OS/c1-10-8-18-14(16-10)20-13(17-18)15-7-11-5-3-4-6-12(11)9-19-2/h3-6,8H,7,9H2,1-2H3,(H,15,17). The molecule has 0 bridgehead atoms. The third-order valence-corrected chi connectivity index (χ3v) is 3.89. The molecule has 0 aliphatic carbocycles. The van der Waals surface area contributed by atoms with Gasteiger partial charge in [-0.1, -0.05) is 35.6 Å². The van der Waals surface area contributed by atoms with Gasteiger partial charge in [0, 0.05) is 13.7 Å². The van der Waals surface area contributed by atoms with Crippen LogP contribution in [0.2, 0.25) is 0 Å². The predicted octanol–water partition coefficient (Wildman–Crippen LogP) is 2.86. The molecule has 3 aromatic rings. The van der Waals surface area contributed by atoms with Crippen LogP contribution >= 0.6 is 11.3 Å². The van der Waals surface area contributed by atoms with Gasteiger partial charge in [-0.25, -0.2) is 9.50 Å². The fraction of sp³-hybridized carbons (Fsp3) is 0.286. The number of aryl methyl sites for hydroxylation is 1. The maximum atomic E-state index is 5.21. The first-order chi connectivity index (χ1) is 9.76. The van der Waals surface area contributed by atoms with E-state index in [1.165, 1.54) is 11.1 Å². The summed E-state index contributed by atoms with van der Waals surface area (Å²) in [6, 6.07) is 8.25. The number of rotatable bonds is 5. The smallest absolute Gasteiger partial charge is 0.214 e. The maximum absolute atomic E-state index is 5.21. The van der Waals surface area contributed by atoms with Crippen LogP contribution in [0.25, 0.3) is 4.96 Å². The van der Waals surface area contributed by atoms with Crippen molar-refractivity contribution in [2.24, 2.45) is 0 Å². The summed E-state index contributed by atoms with van der Waals surface area (Å²) in [4.78, 5) is 5.31. The van der Waals surface area contributed by atoms with Crippen molar-refractivity contribution in [3.8, 4) is 0 Å². The number of nitrogens with one attached hydrogen (secondary N) is 1. The quantitative estimate of drug-likeness (QED) is 0.784. The van der Waals surface area contributed by atoms with Crippen LogP contribution in [0.1, 0.15) is 16.8 Å². The molecule has 104 valence electrons. The highest BCUT2D eigenvalue weighted by atomic mass is 32.1. The minimum absolute atomic E-state index is 0.623. The van der Waals surface area contributed by atoms with Crippen LogP contribution in [-0.4, -0.2) is 21.7 Å². The van der Waals surface area contributed by atoms with Crippen LogP contribution in [-0.2, 0) is 17.9 Å². The van der Waals surface area contributed by atoms with Crippen molar-refractivity contribution in [1.82, 2.24) is 14.6 Å². The second kappa shape index (κ2) is 5.60. The van der Waals surface area contributed by atoms with E-state index >= 15 is 0 Å². The number of nitrogens with zero attached hydrogens (tertiary/aromatic N) is 3. The summed E-state index contributed by atoms with van der Waals surface area (Å²) >= 11 is 1.55. The molecule has 0 fully saturated rings. The van der Waals surface area contributed by atoms with Gasteiger partial charge in [0.2, 0.25) is 10.1 Å². The molecule has 0 atom stereocenters. The molecule has 0 aliphatic rings. The van der Waals surface area contributed by atoms with Crippen LogP contribution < -0.4 is 5.32 Å². The Hall–Kier alpha value is -1.92. The number of hydrogen-bond donors (Lipinski definition) is 1. The van der Waals surface area contributed by atoms with Gasteiger partial charge in [-0.3, -0.25) is 0 Å². The van der Waals surface area contributed by atoms with Gasteiger partial charge in [-0.05, 0) is 18.1 Å². The van der Waals surface area contributed by atoms with E-state index in [0.717, 1.165) is 22.3 Å². The molecule has 0 aliphatic heterocycles. The van der Waals surface area contributed by atoms with E-state index in [1.807, 2.05) is 29.8 Å². The fourth-order valence-electron chi connectivity index (χ4n) is 2.08. The molecule has 6 heteroatoms. The maximum Gasteiger partial charge on any atom is 0.214 e. The summed E-state index contributed by atoms with van der Waals surface area (Å²) in [6.45, 7) is 3.32. The molecule has 1 aromatic carbocycles. The summed E-state index contributed by atoms with van der Waals surface area (Å²) < 4.78 is 7.02. The van der Waals surface area contributed by atoms with Gasteiger partial charge in [0.1, 0.15) is 0 Å². The monoisotopic (exact) mass is 288 g/mol. The topological polar surface area (TPSA) is 51.5 Å². The third kappa shape index (κ3) is 2.66. The van der Waals surface area contributed by atoms with Crippen molar-refractivity contribution in [1.29, 1.82) is 0 Å². The van der Waals surface area contributed by atoms with E-state index in [4.69, 9.17) is 4.74 Å². The first-order valence-corrected chi connectivity index (χ1v) is 7.20. The Labute approximate surface area is 121 Å². The Morgan fingerprint density at radius 2 is 2.10 bits per heavy atom. The van der Waals surface area contributed by atoms with Crippen LogP contribution in [0, 0.1) is 6.92 Å². The Bertz CT molecular complexity index is 687. The zero-order valence-corrected chi connectivity index (χ0v) is 12.3. The molecule has 20 heavy (non-hydrogen) atoms. The molecular formula is C14H16N4OS. The lowest BCUT2D eigenvalue weighted by Gasteiger charge is -2.08. The van der Waals surface area contributed by atoms with Crippen molar-refractivity contribution in [2.45, 2.75) is 20.1 Å². The molecule has 2 aromatic heterocycles. The van der Waals surface area contributed by atoms with E-state index in [1.54, 1.807) is 18.4 Å². The van der Waals surface area contributed by atoms with Crippen LogP contribution in [0.3, 0.4) is 0 Å². The van der Waals surface area contributed by atoms with E-state index in [0.29, 0.717) is 6.61 Å². The van der Waals surface area contributed by atoms with Crippen molar-refractivity contribution in [2.75, 3.05) is 12.4 Å². The number of anilines is 1. The third-order valence-electron chi connectivity index (χ3n) is 3.01. The largest absolute Gasteiger partial charge is 0.380 e. The van der Waals surface area contributed by atoms with Gasteiger partial charge in [0.05, 0.1) is 18.5 Å². The minimum atomic E-state index is 0.623. The Balaban J connectivity index is 1.73.